The highest BCUT2D eigenvalue weighted by atomic mass is 16.6. The van der Waals surface area contributed by atoms with Crippen molar-refractivity contribution in [3.63, 3.8) is 0 Å². The Bertz CT molecular complexity index is 154. The third-order valence-corrected chi connectivity index (χ3v) is 1.40. The fourth-order valence-corrected chi connectivity index (χ4v) is 0.847. The lowest BCUT2D eigenvalue weighted by Crippen LogP contribution is -2.35. The van der Waals surface area contributed by atoms with Crippen LogP contribution in [0, 0.1) is 0 Å². The van der Waals surface area contributed by atoms with E-state index in [-0.39, 0.29) is 12.1 Å². The summed E-state index contributed by atoms with van der Waals surface area (Å²) in [6.07, 6.45) is 0.00926. The van der Waals surface area contributed by atoms with Gasteiger partial charge in [0.1, 0.15) is 0 Å². The molecule has 0 aliphatic carbocycles. The van der Waals surface area contributed by atoms with Crippen molar-refractivity contribution in [2.24, 2.45) is 10.3 Å². The lowest BCUT2D eigenvalue weighted by molar-refractivity contribution is -0.228. The van der Waals surface area contributed by atoms with Crippen LogP contribution in [0.3, 0.4) is 0 Å². The summed E-state index contributed by atoms with van der Waals surface area (Å²) in [7, 11) is 0. The Morgan fingerprint density at radius 1 is 1.78 bits per heavy atom. The van der Waals surface area contributed by atoms with E-state index in [1.807, 2.05) is 13.8 Å². The molecule has 2 atom stereocenters. The first-order valence-corrected chi connectivity index (χ1v) is 2.86. The number of nitrogens with zero attached hydrogens (tertiary/aromatic N) is 2. The van der Waals surface area contributed by atoms with Gasteiger partial charge in [0.05, 0.1) is 5.71 Å². The maximum absolute atomic E-state index is 5.08. The van der Waals surface area contributed by atoms with E-state index in [9.17, 15) is 0 Å². The Morgan fingerprint density at radius 2 is 2.44 bits per heavy atom. The summed E-state index contributed by atoms with van der Waals surface area (Å²) in [5.41, 5.74) is 5.93. The van der Waals surface area contributed by atoms with Crippen molar-refractivity contribution in [2.45, 2.75) is 26.0 Å². The number of hydrogen-bond donors (Lipinski definition) is 1. The average molecular weight is 128 g/mol. The summed E-state index contributed by atoms with van der Waals surface area (Å²) in [6.45, 7) is 3.74. The minimum Gasteiger partial charge on any atom is -0.390 e. The van der Waals surface area contributed by atoms with Gasteiger partial charge in [-0.05, 0) is 19.0 Å². The largest absolute Gasteiger partial charge is 0.390 e. The second-order valence-electron chi connectivity index (χ2n) is 2.14. The molecule has 1 rings (SSSR count). The molecule has 0 aromatic carbocycles. The fraction of sp³-hybridized carbons (Fsp3) is 0.800. The SMILES string of the molecule is CC1=NOC(C)C1N=[NH2+]. The second-order valence-corrected chi connectivity index (χ2v) is 2.14. The second kappa shape index (κ2) is 2.13. The summed E-state index contributed by atoms with van der Waals surface area (Å²) >= 11 is 0. The van der Waals surface area contributed by atoms with Gasteiger partial charge in [-0.2, -0.15) is 5.53 Å². The van der Waals surface area contributed by atoms with E-state index in [1.165, 1.54) is 0 Å². The van der Waals surface area contributed by atoms with E-state index in [2.05, 4.69) is 10.3 Å². The molecule has 1 aliphatic rings. The van der Waals surface area contributed by atoms with E-state index in [0.29, 0.717) is 0 Å². The summed E-state index contributed by atoms with van der Waals surface area (Å²) in [6, 6.07) is -0.0370. The molecule has 0 aromatic heterocycles. The van der Waals surface area contributed by atoms with Gasteiger partial charge in [-0.15, -0.1) is 0 Å². The molecule has 0 radical (unpaired) electrons. The zero-order valence-electron chi connectivity index (χ0n) is 5.53. The summed E-state index contributed by atoms with van der Waals surface area (Å²) in [5, 5.41) is 7.31. The molecular formula is C5H10N3O+. The Kier molecular flexibility index (Phi) is 1.46. The van der Waals surface area contributed by atoms with E-state index in [4.69, 9.17) is 10.4 Å². The highest BCUT2D eigenvalue weighted by Gasteiger charge is 2.29. The molecule has 0 bridgehead atoms. The lowest BCUT2D eigenvalue weighted by Gasteiger charge is -2.01. The molecule has 0 fully saturated rings. The quantitative estimate of drug-likeness (QED) is 0.469. The van der Waals surface area contributed by atoms with E-state index in [0.717, 1.165) is 5.71 Å². The fourth-order valence-electron chi connectivity index (χ4n) is 0.847. The van der Waals surface area contributed by atoms with Crippen LogP contribution in [0.1, 0.15) is 13.8 Å². The smallest absolute Gasteiger partial charge is 0.192 e. The number of rotatable bonds is 1. The molecule has 50 valence electrons. The highest BCUT2D eigenvalue weighted by Crippen LogP contribution is 2.12. The predicted octanol–water partition coefficient (Wildman–Crippen LogP) is -0.639. The molecule has 0 amide bonds. The third kappa shape index (κ3) is 0.918. The topological polar surface area (TPSA) is 59.5 Å². The Morgan fingerprint density at radius 3 is 2.67 bits per heavy atom. The third-order valence-electron chi connectivity index (χ3n) is 1.40. The van der Waals surface area contributed by atoms with Gasteiger partial charge in [0.15, 0.2) is 12.1 Å². The van der Waals surface area contributed by atoms with E-state index >= 15 is 0 Å². The maximum atomic E-state index is 5.08. The first kappa shape index (κ1) is 6.19. The minimum absolute atomic E-state index is 0.00926. The summed E-state index contributed by atoms with van der Waals surface area (Å²) in [4.78, 5) is 4.88. The number of nitrogens with two attached hydrogens (primary N) is 1. The molecule has 2 N–H and O–H groups in total. The van der Waals surface area contributed by atoms with Crippen LogP contribution in [0.2, 0.25) is 0 Å². The Labute approximate surface area is 53.4 Å². The van der Waals surface area contributed by atoms with E-state index < -0.39 is 0 Å². The molecule has 0 spiro atoms. The van der Waals surface area contributed by atoms with Gasteiger partial charge < -0.3 is 4.84 Å². The van der Waals surface area contributed by atoms with Crippen LogP contribution < -0.4 is 5.53 Å². The summed E-state index contributed by atoms with van der Waals surface area (Å²) in [5.74, 6) is 0. The predicted molar refractivity (Wildman–Crippen MR) is 31.8 cm³/mol. The zero-order chi connectivity index (χ0) is 6.85. The van der Waals surface area contributed by atoms with Crippen molar-refractivity contribution in [1.82, 2.24) is 0 Å². The van der Waals surface area contributed by atoms with Crippen molar-refractivity contribution >= 4 is 5.71 Å². The monoisotopic (exact) mass is 128 g/mol. The molecule has 9 heavy (non-hydrogen) atoms. The summed E-state index contributed by atoms with van der Waals surface area (Å²) < 4.78 is 0. The van der Waals surface area contributed by atoms with Crippen molar-refractivity contribution in [2.75, 3.05) is 0 Å². The van der Waals surface area contributed by atoms with Gasteiger partial charge in [-0.25, -0.2) is 0 Å². The molecular weight excluding hydrogens is 118 g/mol. The molecule has 1 heterocycles. The maximum Gasteiger partial charge on any atom is 0.192 e. The van der Waals surface area contributed by atoms with Crippen LogP contribution in [0.4, 0.5) is 0 Å². The number of oxime groups is 1. The highest BCUT2D eigenvalue weighted by molar-refractivity contribution is 5.88. The van der Waals surface area contributed by atoms with Crippen LogP contribution >= 0.6 is 0 Å². The molecule has 4 nitrogen and oxygen atoms in total. The minimum atomic E-state index is -0.0370. The molecule has 0 aromatic rings. The van der Waals surface area contributed by atoms with Crippen molar-refractivity contribution < 1.29 is 10.4 Å². The number of hydrogen-bond acceptors (Lipinski definition) is 3. The average Bonchev–Trinajstić information content (AvgIpc) is 2.12. The first-order valence-electron chi connectivity index (χ1n) is 2.86. The van der Waals surface area contributed by atoms with Crippen molar-refractivity contribution in [3.8, 4) is 0 Å². The van der Waals surface area contributed by atoms with Crippen LogP contribution in [0.5, 0.6) is 0 Å². The first-order chi connectivity index (χ1) is 4.25. The van der Waals surface area contributed by atoms with Gasteiger partial charge in [-0.1, -0.05) is 5.16 Å². The van der Waals surface area contributed by atoms with Gasteiger partial charge in [0.2, 0.25) is 0 Å². The molecule has 0 saturated heterocycles. The standard InChI is InChI=1S/C5H9N3O/c1-3-5(7-6)4(2)9-8-3/h4-6H,1-2H3/p+1. The van der Waals surface area contributed by atoms with Gasteiger partial charge in [0.25, 0.3) is 0 Å². The molecule has 4 heteroatoms. The Hall–Kier alpha value is -0.930. The van der Waals surface area contributed by atoms with Crippen LogP contribution in [0.25, 0.3) is 0 Å². The lowest BCUT2D eigenvalue weighted by atomic mass is 10.1. The van der Waals surface area contributed by atoms with Crippen LogP contribution in [-0.4, -0.2) is 17.9 Å². The zero-order valence-corrected chi connectivity index (χ0v) is 5.53. The van der Waals surface area contributed by atoms with Gasteiger partial charge >= 0.3 is 0 Å². The van der Waals surface area contributed by atoms with Crippen molar-refractivity contribution in [3.05, 3.63) is 0 Å². The van der Waals surface area contributed by atoms with Gasteiger partial charge in [-0.3, -0.25) is 0 Å². The van der Waals surface area contributed by atoms with Crippen molar-refractivity contribution in [1.29, 1.82) is 0 Å². The normalized spacial score (nSPS) is 33.3. The molecule has 2 unspecified atom stereocenters. The molecule has 0 saturated carbocycles. The van der Waals surface area contributed by atoms with E-state index in [1.54, 1.807) is 0 Å². The van der Waals surface area contributed by atoms with Crippen LogP contribution in [0.15, 0.2) is 10.3 Å². The molecule has 1 aliphatic heterocycles. The Balaban J connectivity index is 2.67. The van der Waals surface area contributed by atoms with Crippen LogP contribution in [-0.2, 0) is 4.84 Å². The van der Waals surface area contributed by atoms with Gasteiger partial charge in [0, 0.05) is 0 Å².